The second-order valence-corrected chi connectivity index (χ2v) is 4.14. The van der Waals surface area contributed by atoms with Crippen LogP contribution >= 0.6 is 15.9 Å². The van der Waals surface area contributed by atoms with Gasteiger partial charge in [-0.2, -0.15) is 0 Å². The first-order chi connectivity index (χ1) is 6.50. The molecular weight excluding hydrogens is 244 g/mol. The van der Waals surface area contributed by atoms with Gasteiger partial charge in [0.05, 0.1) is 0 Å². The number of benzene rings is 1. The molecule has 0 aliphatic heterocycles. The highest BCUT2D eigenvalue weighted by Gasteiger charge is 2.31. The third kappa shape index (κ3) is 1.87. The molecule has 3 heteroatoms. The number of rotatable bonds is 3. The average molecular weight is 255 g/mol. The zero-order valence-electron chi connectivity index (χ0n) is 7.83. The lowest BCUT2D eigenvalue weighted by atomic mass is 9.83. The Morgan fingerprint density at radius 2 is 2.29 bits per heavy atom. The highest BCUT2D eigenvalue weighted by atomic mass is 79.9. The summed E-state index contributed by atoms with van der Waals surface area (Å²) in [5.74, 6) is -0.898. The fourth-order valence-electron chi connectivity index (χ4n) is 1.14. The summed E-state index contributed by atoms with van der Waals surface area (Å²) in [6.45, 7) is 5.19. The minimum atomic E-state index is -1.02. The van der Waals surface area contributed by atoms with Crippen LogP contribution in [-0.4, -0.2) is 11.1 Å². The van der Waals surface area contributed by atoms with Gasteiger partial charge >= 0.3 is 5.97 Å². The Labute approximate surface area is 91.4 Å². The van der Waals surface area contributed by atoms with Gasteiger partial charge in [0.1, 0.15) is 5.41 Å². The Balaban J connectivity index is 3.26. The molecule has 0 saturated carbocycles. The van der Waals surface area contributed by atoms with Crippen molar-refractivity contribution in [2.24, 2.45) is 0 Å². The van der Waals surface area contributed by atoms with Gasteiger partial charge in [-0.05, 0) is 24.6 Å². The van der Waals surface area contributed by atoms with Crippen LogP contribution in [0.25, 0.3) is 0 Å². The first-order valence-corrected chi connectivity index (χ1v) is 4.93. The zero-order chi connectivity index (χ0) is 10.8. The summed E-state index contributed by atoms with van der Waals surface area (Å²) in [7, 11) is 0. The predicted octanol–water partition coefficient (Wildman–Crippen LogP) is 2.98. The van der Waals surface area contributed by atoms with Gasteiger partial charge in [-0.25, -0.2) is 0 Å². The van der Waals surface area contributed by atoms with Crippen LogP contribution in [0.1, 0.15) is 12.5 Å². The fraction of sp³-hybridized carbons (Fsp3) is 0.182. The monoisotopic (exact) mass is 254 g/mol. The van der Waals surface area contributed by atoms with Gasteiger partial charge in [-0.3, -0.25) is 4.79 Å². The second kappa shape index (κ2) is 3.96. The highest BCUT2D eigenvalue weighted by Crippen LogP contribution is 2.27. The molecular formula is C11H11BrO2. The Morgan fingerprint density at radius 3 is 2.71 bits per heavy atom. The molecule has 0 radical (unpaired) electrons. The van der Waals surface area contributed by atoms with E-state index in [1.54, 1.807) is 19.1 Å². The standard InChI is InChI=1S/C11H11BrO2/c1-3-11(2,10(13)14)8-5-4-6-9(12)7-8/h3-7H,1H2,2H3,(H,13,14). The summed E-state index contributed by atoms with van der Waals surface area (Å²) in [6.07, 6.45) is 1.44. The lowest BCUT2D eigenvalue weighted by Crippen LogP contribution is -2.29. The van der Waals surface area contributed by atoms with Crippen molar-refractivity contribution in [1.29, 1.82) is 0 Å². The summed E-state index contributed by atoms with van der Waals surface area (Å²) in [5, 5.41) is 9.09. The molecule has 1 unspecified atom stereocenters. The van der Waals surface area contributed by atoms with Crippen molar-refractivity contribution < 1.29 is 9.90 Å². The lowest BCUT2D eigenvalue weighted by molar-refractivity contribution is -0.141. The van der Waals surface area contributed by atoms with Crippen molar-refractivity contribution in [3.8, 4) is 0 Å². The van der Waals surface area contributed by atoms with E-state index in [1.165, 1.54) is 6.08 Å². The van der Waals surface area contributed by atoms with Crippen LogP contribution in [0.15, 0.2) is 41.4 Å². The van der Waals surface area contributed by atoms with Gasteiger partial charge in [0.15, 0.2) is 0 Å². The SMILES string of the molecule is C=CC(C)(C(=O)O)c1cccc(Br)c1. The smallest absolute Gasteiger partial charge is 0.317 e. The van der Waals surface area contributed by atoms with Crippen molar-refractivity contribution in [2.75, 3.05) is 0 Å². The largest absolute Gasteiger partial charge is 0.480 e. The molecule has 0 amide bonds. The molecule has 0 bridgehead atoms. The zero-order valence-corrected chi connectivity index (χ0v) is 9.41. The van der Waals surface area contributed by atoms with Gasteiger partial charge in [0.25, 0.3) is 0 Å². The van der Waals surface area contributed by atoms with E-state index in [2.05, 4.69) is 22.5 Å². The molecule has 1 aromatic rings. The number of carbonyl (C=O) groups is 1. The first-order valence-electron chi connectivity index (χ1n) is 4.14. The van der Waals surface area contributed by atoms with E-state index in [0.29, 0.717) is 0 Å². The van der Waals surface area contributed by atoms with E-state index in [1.807, 2.05) is 12.1 Å². The quantitative estimate of drug-likeness (QED) is 0.843. The topological polar surface area (TPSA) is 37.3 Å². The summed E-state index contributed by atoms with van der Waals surface area (Å²) < 4.78 is 0.865. The molecule has 2 nitrogen and oxygen atoms in total. The second-order valence-electron chi connectivity index (χ2n) is 3.22. The van der Waals surface area contributed by atoms with Gasteiger partial charge in [-0.1, -0.05) is 34.1 Å². The number of aliphatic carboxylic acids is 1. The number of halogens is 1. The third-order valence-electron chi connectivity index (χ3n) is 2.28. The Morgan fingerprint density at radius 1 is 1.64 bits per heavy atom. The Bertz CT molecular complexity index is 373. The van der Waals surface area contributed by atoms with Crippen molar-refractivity contribution in [1.82, 2.24) is 0 Å². The van der Waals surface area contributed by atoms with Crippen LogP contribution in [0.2, 0.25) is 0 Å². The van der Waals surface area contributed by atoms with Crippen LogP contribution in [0.4, 0.5) is 0 Å². The van der Waals surface area contributed by atoms with Gasteiger partial charge in [0, 0.05) is 4.47 Å². The lowest BCUT2D eigenvalue weighted by Gasteiger charge is -2.20. The van der Waals surface area contributed by atoms with Gasteiger partial charge in [-0.15, -0.1) is 6.58 Å². The molecule has 0 aliphatic rings. The maximum atomic E-state index is 11.1. The molecule has 0 aliphatic carbocycles. The maximum Gasteiger partial charge on any atom is 0.317 e. The predicted molar refractivity (Wildman–Crippen MR) is 59.3 cm³/mol. The third-order valence-corrected chi connectivity index (χ3v) is 2.77. The van der Waals surface area contributed by atoms with E-state index in [-0.39, 0.29) is 0 Å². The summed E-state index contributed by atoms with van der Waals surface area (Å²) >= 11 is 3.31. The van der Waals surface area contributed by atoms with Crippen LogP contribution in [0.3, 0.4) is 0 Å². The molecule has 1 atom stereocenters. The number of carboxylic acid groups (broad SMARTS) is 1. The molecule has 1 rings (SSSR count). The Hall–Kier alpha value is -1.09. The maximum absolute atomic E-state index is 11.1. The molecule has 0 heterocycles. The molecule has 14 heavy (non-hydrogen) atoms. The van der Waals surface area contributed by atoms with Crippen molar-refractivity contribution in [2.45, 2.75) is 12.3 Å². The average Bonchev–Trinajstić information content (AvgIpc) is 2.16. The molecule has 0 spiro atoms. The number of carboxylic acids is 1. The van der Waals surface area contributed by atoms with E-state index >= 15 is 0 Å². The normalized spacial score (nSPS) is 14.4. The van der Waals surface area contributed by atoms with E-state index in [4.69, 9.17) is 5.11 Å². The first kappa shape index (κ1) is 11.0. The molecule has 1 aromatic carbocycles. The van der Waals surface area contributed by atoms with Crippen LogP contribution in [0.5, 0.6) is 0 Å². The van der Waals surface area contributed by atoms with Crippen LogP contribution < -0.4 is 0 Å². The van der Waals surface area contributed by atoms with E-state index < -0.39 is 11.4 Å². The van der Waals surface area contributed by atoms with Gasteiger partial charge in [0.2, 0.25) is 0 Å². The molecule has 74 valence electrons. The summed E-state index contributed by atoms with van der Waals surface area (Å²) in [6, 6.07) is 7.23. The van der Waals surface area contributed by atoms with Gasteiger partial charge < -0.3 is 5.11 Å². The molecule has 0 aromatic heterocycles. The minimum Gasteiger partial charge on any atom is -0.480 e. The highest BCUT2D eigenvalue weighted by molar-refractivity contribution is 9.10. The summed E-state index contributed by atoms with van der Waals surface area (Å²) in [5.41, 5.74) is -0.307. The number of hydrogen-bond donors (Lipinski definition) is 1. The van der Waals surface area contributed by atoms with E-state index in [0.717, 1.165) is 10.0 Å². The molecule has 0 fully saturated rings. The van der Waals surface area contributed by atoms with Crippen LogP contribution in [0, 0.1) is 0 Å². The Kier molecular flexibility index (Phi) is 3.11. The molecule has 0 saturated heterocycles. The fourth-order valence-corrected chi connectivity index (χ4v) is 1.54. The van der Waals surface area contributed by atoms with Crippen molar-refractivity contribution in [3.63, 3.8) is 0 Å². The minimum absolute atomic E-state index is 0.717. The molecule has 1 N–H and O–H groups in total. The van der Waals surface area contributed by atoms with E-state index in [9.17, 15) is 4.79 Å². The van der Waals surface area contributed by atoms with Crippen molar-refractivity contribution >= 4 is 21.9 Å². The summed E-state index contributed by atoms with van der Waals surface area (Å²) in [4.78, 5) is 11.1. The van der Waals surface area contributed by atoms with Crippen molar-refractivity contribution in [3.05, 3.63) is 47.0 Å². The van der Waals surface area contributed by atoms with Crippen LogP contribution in [-0.2, 0) is 10.2 Å². The number of hydrogen-bond acceptors (Lipinski definition) is 1.